The Morgan fingerprint density at radius 2 is 1.79 bits per heavy atom. The number of nitrogens with one attached hydrogen (secondary N) is 1. The predicted octanol–water partition coefficient (Wildman–Crippen LogP) is 2.34. The molecule has 1 unspecified atom stereocenters. The Hall–Kier alpha value is -3.30. The van der Waals surface area contributed by atoms with Crippen molar-refractivity contribution in [2.75, 3.05) is 32.9 Å². The summed E-state index contributed by atoms with van der Waals surface area (Å²) >= 11 is 0. The summed E-state index contributed by atoms with van der Waals surface area (Å²) in [7, 11) is 0. The van der Waals surface area contributed by atoms with Crippen LogP contribution in [-0.4, -0.2) is 49.8 Å². The number of hydrogen-bond acceptors (Lipinski definition) is 4. The second-order valence-corrected chi connectivity index (χ2v) is 6.61. The molecule has 0 spiro atoms. The van der Waals surface area contributed by atoms with Crippen LogP contribution in [0.5, 0.6) is 0 Å². The summed E-state index contributed by atoms with van der Waals surface area (Å²) in [5.41, 5.74) is 3.24. The average Bonchev–Trinajstić information content (AvgIpc) is 3.19. The molecule has 28 heavy (non-hydrogen) atoms. The first kappa shape index (κ1) is 18.1. The van der Waals surface area contributed by atoms with Crippen molar-refractivity contribution in [2.45, 2.75) is 6.04 Å². The van der Waals surface area contributed by atoms with E-state index >= 15 is 0 Å². The minimum Gasteiger partial charge on any atom is -0.447 e. The smallest absolute Gasteiger partial charge is 0.407 e. The molecule has 2 aromatic rings. The van der Waals surface area contributed by atoms with Gasteiger partial charge in [0, 0.05) is 29.8 Å². The van der Waals surface area contributed by atoms with Crippen molar-refractivity contribution in [3.63, 3.8) is 0 Å². The molecule has 0 saturated carbocycles. The summed E-state index contributed by atoms with van der Waals surface area (Å²) in [5, 5.41) is 2.78. The third-order valence-electron chi connectivity index (χ3n) is 4.78. The lowest BCUT2D eigenvalue weighted by atomic mass is 10.0. The number of benzene rings is 2. The van der Waals surface area contributed by atoms with Gasteiger partial charge in [0.25, 0.3) is 5.91 Å². The van der Waals surface area contributed by atoms with Crippen LogP contribution in [0.4, 0.5) is 4.79 Å². The Labute approximate surface area is 163 Å². The molecule has 142 valence electrons. The van der Waals surface area contributed by atoms with E-state index < -0.39 is 6.09 Å². The number of amides is 2. The van der Waals surface area contributed by atoms with E-state index in [-0.39, 0.29) is 11.9 Å². The lowest BCUT2D eigenvalue weighted by molar-refractivity contribution is 0.0303. The van der Waals surface area contributed by atoms with Crippen molar-refractivity contribution in [1.29, 1.82) is 0 Å². The first-order valence-electron chi connectivity index (χ1n) is 9.22. The van der Waals surface area contributed by atoms with E-state index in [2.05, 4.69) is 17.2 Å². The standard InChI is InChI=1S/C22H20N2O4/c25-21(24-11-13-27-14-12-24)18-9-6-16(7-10-18)5-8-17-3-1-2-4-19(17)20-15-28-22(26)23-20/h1-4,6-7,9-10,20H,11-15H2,(H,23,26). The first-order valence-corrected chi connectivity index (χ1v) is 9.22. The molecule has 0 aromatic heterocycles. The highest BCUT2D eigenvalue weighted by Gasteiger charge is 2.25. The number of rotatable bonds is 2. The second-order valence-electron chi connectivity index (χ2n) is 6.61. The van der Waals surface area contributed by atoms with Crippen LogP contribution >= 0.6 is 0 Å². The topological polar surface area (TPSA) is 67.9 Å². The van der Waals surface area contributed by atoms with Gasteiger partial charge < -0.3 is 19.7 Å². The van der Waals surface area contributed by atoms with Crippen LogP contribution in [0.1, 0.15) is 33.1 Å². The predicted molar refractivity (Wildman–Crippen MR) is 103 cm³/mol. The number of nitrogens with zero attached hydrogens (tertiary/aromatic N) is 1. The maximum Gasteiger partial charge on any atom is 0.407 e. The maximum absolute atomic E-state index is 12.5. The molecule has 2 aliphatic heterocycles. The molecule has 2 aliphatic rings. The van der Waals surface area contributed by atoms with Crippen molar-refractivity contribution >= 4 is 12.0 Å². The van der Waals surface area contributed by atoms with Gasteiger partial charge in [0.1, 0.15) is 6.61 Å². The van der Waals surface area contributed by atoms with Crippen molar-refractivity contribution < 1.29 is 19.1 Å². The quantitative estimate of drug-likeness (QED) is 0.817. The van der Waals surface area contributed by atoms with Gasteiger partial charge in [-0.05, 0) is 35.9 Å². The van der Waals surface area contributed by atoms with Crippen LogP contribution in [-0.2, 0) is 9.47 Å². The number of morpholine rings is 1. The molecule has 4 rings (SSSR count). The maximum atomic E-state index is 12.5. The summed E-state index contributed by atoms with van der Waals surface area (Å²) in [6.45, 7) is 2.72. The molecule has 0 radical (unpaired) electrons. The highest BCUT2D eigenvalue weighted by molar-refractivity contribution is 5.94. The molecule has 6 heteroatoms. The number of carbonyl (C=O) groups excluding carboxylic acids is 2. The number of alkyl carbamates (subject to hydrolysis) is 1. The molecular weight excluding hydrogens is 356 g/mol. The normalized spacial score (nSPS) is 18.6. The fourth-order valence-corrected chi connectivity index (χ4v) is 3.25. The van der Waals surface area contributed by atoms with Crippen molar-refractivity contribution in [3.8, 4) is 11.8 Å². The van der Waals surface area contributed by atoms with Gasteiger partial charge in [0.15, 0.2) is 0 Å². The molecule has 2 heterocycles. The van der Waals surface area contributed by atoms with Gasteiger partial charge in [-0.15, -0.1) is 0 Å². The van der Waals surface area contributed by atoms with E-state index in [1.165, 1.54) is 0 Å². The van der Waals surface area contributed by atoms with Crippen LogP contribution in [0.15, 0.2) is 48.5 Å². The Balaban J connectivity index is 1.49. The second kappa shape index (κ2) is 8.15. The third-order valence-corrected chi connectivity index (χ3v) is 4.78. The van der Waals surface area contributed by atoms with Crippen molar-refractivity contribution in [3.05, 3.63) is 70.8 Å². The average molecular weight is 376 g/mol. The van der Waals surface area contributed by atoms with Gasteiger partial charge in [-0.25, -0.2) is 4.79 Å². The molecule has 2 fully saturated rings. The van der Waals surface area contributed by atoms with Crippen LogP contribution < -0.4 is 5.32 Å². The molecule has 2 amide bonds. The Morgan fingerprint density at radius 3 is 2.50 bits per heavy atom. The highest BCUT2D eigenvalue weighted by Crippen LogP contribution is 2.21. The SMILES string of the molecule is O=C1NC(c2ccccc2C#Cc2ccc(C(=O)N3CCOCC3)cc2)CO1. The highest BCUT2D eigenvalue weighted by atomic mass is 16.6. The Bertz CT molecular complexity index is 937. The molecule has 0 aliphatic carbocycles. The molecule has 0 bridgehead atoms. The van der Waals surface area contributed by atoms with Crippen molar-refractivity contribution in [2.24, 2.45) is 0 Å². The summed E-state index contributed by atoms with van der Waals surface area (Å²) < 4.78 is 10.3. The molecular formula is C22H20N2O4. The third kappa shape index (κ3) is 4.00. The Morgan fingerprint density at radius 1 is 1.04 bits per heavy atom. The van der Waals surface area contributed by atoms with Crippen molar-refractivity contribution in [1.82, 2.24) is 10.2 Å². The zero-order chi connectivity index (χ0) is 19.3. The molecule has 2 saturated heterocycles. The van der Waals surface area contributed by atoms with Gasteiger partial charge in [-0.2, -0.15) is 0 Å². The van der Waals surface area contributed by atoms with Crippen LogP contribution in [0, 0.1) is 11.8 Å². The van der Waals surface area contributed by atoms with Crippen LogP contribution in [0.25, 0.3) is 0 Å². The zero-order valence-corrected chi connectivity index (χ0v) is 15.3. The van der Waals surface area contributed by atoms with E-state index in [0.29, 0.717) is 38.5 Å². The number of carbonyl (C=O) groups is 2. The van der Waals surface area contributed by atoms with Gasteiger partial charge in [0.05, 0.1) is 19.3 Å². The Kier molecular flexibility index (Phi) is 5.27. The molecule has 1 N–H and O–H groups in total. The summed E-state index contributed by atoms with van der Waals surface area (Å²) in [5.74, 6) is 6.32. The lowest BCUT2D eigenvalue weighted by Crippen LogP contribution is -2.40. The number of hydrogen-bond donors (Lipinski definition) is 1. The number of ether oxygens (including phenoxy) is 2. The van der Waals surface area contributed by atoms with E-state index in [1.807, 2.05) is 36.4 Å². The fraction of sp³-hybridized carbons (Fsp3) is 0.273. The van der Waals surface area contributed by atoms with Gasteiger partial charge in [-0.3, -0.25) is 4.79 Å². The van der Waals surface area contributed by atoms with E-state index in [4.69, 9.17) is 9.47 Å². The van der Waals surface area contributed by atoms with E-state index in [9.17, 15) is 9.59 Å². The van der Waals surface area contributed by atoms with Crippen LogP contribution in [0.2, 0.25) is 0 Å². The number of cyclic esters (lactones) is 1. The molecule has 6 nitrogen and oxygen atoms in total. The van der Waals surface area contributed by atoms with E-state index in [1.54, 1.807) is 17.0 Å². The largest absolute Gasteiger partial charge is 0.447 e. The first-order chi connectivity index (χ1) is 13.7. The minimum atomic E-state index is -0.409. The monoisotopic (exact) mass is 376 g/mol. The van der Waals surface area contributed by atoms with Crippen LogP contribution in [0.3, 0.4) is 0 Å². The van der Waals surface area contributed by atoms with Gasteiger partial charge in [-0.1, -0.05) is 30.0 Å². The molecule has 2 aromatic carbocycles. The lowest BCUT2D eigenvalue weighted by Gasteiger charge is -2.26. The van der Waals surface area contributed by atoms with Gasteiger partial charge >= 0.3 is 6.09 Å². The summed E-state index contributed by atoms with van der Waals surface area (Å²) in [6.07, 6.45) is -0.409. The summed E-state index contributed by atoms with van der Waals surface area (Å²) in [6, 6.07) is 14.8. The van der Waals surface area contributed by atoms with Gasteiger partial charge in [0.2, 0.25) is 0 Å². The molecule has 1 atom stereocenters. The zero-order valence-electron chi connectivity index (χ0n) is 15.3. The fourth-order valence-electron chi connectivity index (χ4n) is 3.25. The van der Waals surface area contributed by atoms with E-state index in [0.717, 1.165) is 16.7 Å². The summed E-state index contributed by atoms with van der Waals surface area (Å²) in [4.78, 5) is 25.6. The minimum absolute atomic E-state index is 0.0186.